The average molecular weight is 458 g/mol. The molecule has 2 aromatic carbocycles. The van der Waals surface area contributed by atoms with Gasteiger partial charge in [-0.3, -0.25) is 0 Å². The number of benzene rings is 2. The molecular formula is C26H27FePS+2. The Kier molecular flexibility index (Phi) is 10.8. The zero-order valence-electron chi connectivity index (χ0n) is 17.1. The van der Waals surface area contributed by atoms with Crippen molar-refractivity contribution in [3.63, 3.8) is 0 Å². The predicted molar refractivity (Wildman–Crippen MR) is 127 cm³/mol. The Hall–Kier alpha value is -0.261. The Labute approximate surface area is 195 Å². The van der Waals surface area contributed by atoms with Crippen molar-refractivity contribution in [2.45, 2.75) is 25.5 Å². The molecule has 2 aromatic rings. The van der Waals surface area contributed by atoms with Crippen molar-refractivity contribution in [1.82, 2.24) is 0 Å². The maximum atomic E-state index is 2.31. The Balaban J connectivity index is 0.000000437. The fraction of sp³-hybridized carbons (Fsp3) is 0.154. The third-order valence-electron chi connectivity index (χ3n) is 4.00. The molecule has 2 aliphatic rings. The van der Waals surface area contributed by atoms with Gasteiger partial charge >= 0.3 is 17.1 Å². The summed E-state index contributed by atoms with van der Waals surface area (Å²) >= 11 is 1.97. The minimum Gasteiger partial charge on any atom is -0.146 e. The van der Waals surface area contributed by atoms with Crippen LogP contribution < -0.4 is 10.6 Å². The van der Waals surface area contributed by atoms with Gasteiger partial charge in [0.1, 0.15) is 0 Å². The van der Waals surface area contributed by atoms with Crippen LogP contribution in [0.3, 0.4) is 0 Å². The minimum atomic E-state index is -0.504. The average Bonchev–Trinajstić information content (AvgIpc) is 3.39. The zero-order valence-corrected chi connectivity index (χ0v) is 19.9. The van der Waals surface area contributed by atoms with Crippen LogP contribution in [0.4, 0.5) is 0 Å². The van der Waals surface area contributed by atoms with E-state index in [0.29, 0.717) is 0 Å². The van der Waals surface area contributed by atoms with E-state index in [-0.39, 0.29) is 21.8 Å². The first-order valence-corrected chi connectivity index (χ1v) is 11.7. The van der Waals surface area contributed by atoms with Crippen molar-refractivity contribution in [2.75, 3.05) is 0 Å². The Morgan fingerprint density at radius 1 is 0.621 bits per heavy atom. The normalized spacial score (nSPS) is 17.7. The standard InChI is InChI=1S/C21H22PS.C5H5.Fe/c1-21(2,3)23-20-16-10-15-19(20)22(17-11-6-4-7-12-17)18-13-8-5-9-14-18;1-2-4-5-3-1;/h4-16H,1-3H3;1-5H;/q;;+2. The summed E-state index contributed by atoms with van der Waals surface area (Å²) in [5, 5.41) is 4.24. The summed E-state index contributed by atoms with van der Waals surface area (Å²) in [6.07, 6.45) is 16.8. The molecule has 0 atom stereocenters. The quantitative estimate of drug-likeness (QED) is 0.380. The summed E-state index contributed by atoms with van der Waals surface area (Å²) < 4.78 is 0.220. The molecule has 2 saturated carbocycles. The van der Waals surface area contributed by atoms with Crippen LogP contribution in [-0.4, -0.2) is 4.75 Å². The van der Waals surface area contributed by atoms with Crippen LogP contribution in [0.5, 0.6) is 0 Å². The molecule has 0 N–H and O–H groups in total. The van der Waals surface area contributed by atoms with Gasteiger partial charge in [0.2, 0.25) is 0 Å². The number of hydrogen-bond acceptors (Lipinski definition) is 1. The van der Waals surface area contributed by atoms with Gasteiger partial charge in [-0.2, -0.15) is 0 Å². The van der Waals surface area contributed by atoms with Gasteiger partial charge in [-0.1, -0.05) is 81.4 Å². The molecule has 3 heteroatoms. The van der Waals surface area contributed by atoms with Gasteiger partial charge in [-0.15, -0.1) is 11.8 Å². The first kappa shape index (κ1) is 25.0. The molecule has 0 heterocycles. The summed E-state index contributed by atoms with van der Waals surface area (Å²) in [5.41, 5.74) is 1.47. The molecule has 0 aromatic heterocycles. The molecule has 0 bridgehead atoms. The second-order valence-electron chi connectivity index (χ2n) is 7.46. The van der Waals surface area contributed by atoms with Crippen molar-refractivity contribution in [2.24, 2.45) is 0 Å². The maximum Gasteiger partial charge on any atom is 2.00 e. The smallest absolute Gasteiger partial charge is 0.146 e. The van der Waals surface area contributed by atoms with E-state index in [0.717, 1.165) is 0 Å². The fourth-order valence-electron chi connectivity index (χ4n) is 2.90. The third kappa shape index (κ3) is 8.06. The Bertz CT molecular complexity index is 632. The van der Waals surface area contributed by atoms with Gasteiger partial charge in [0.05, 0.1) is 0 Å². The van der Waals surface area contributed by atoms with E-state index >= 15 is 0 Å². The number of hydrogen-bond donors (Lipinski definition) is 0. The van der Waals surface area contributed by atoms with E-state index < -0.39 is 7.92 Å². The Morgan fingerprint density at radius 3 is 1.48 bits per heavy atom. The molecule has 4 rings (SSSR count). The largest absolute Gasteiger partial charge is 2.00 e. The first-order chi connectivity index (χ1) is 13.5. The van der Waals surface area contributed by atoms with E-state index in [9.17, 15) is 0 Å². The van der Waals surface area contributed by atoms with Gasteiger partial charge in [0.25, 0.3) is 0 Å². The second-order valence-corrected chi connectivity index (χ2v) is 11.5. The van der Waals surface area contributed by atoms with Crippen LogP contribution in [-0.2, 0) is 17.1 Å². The van der Waals surface area contributed by atoms with Crippen molar-refractivity contribution < 1.29 is 17.1 Å². The molecule has 0 aliphatic heterocycles. The summed E-state index contributed by atoms with van der Waals surface area (Å²) in [4.78, 5) is 0. The topological polar surface area (TPSA) is 0 Å². The summed E-state index contributed by atoms with van der Waals surface area (Å²) in [6, 6.07) is 21.8. The van der Waals surface area contributed by atoms with Gasteiger partial charge in [-0.05, 0) is 69.9 Å². The summed E-state index contributed by atoms with van der Waals surface area (Å²) in [7, 11) is -0.504. The molecule has 2 aliphatic carbocycles. The molecular weight excluding hydrogens is 431 g/mol. The van der Waals surface area contributed by atoms with Crippen molar-refractivity contribution in [3.05, 3.63) is 123 Å². The molecule has 2 fully saturated rings. The van der Waals surface area contributed by atoms with Gasteiger partial charge in [0, 0.05) is 15.7 Å². The molecule has 0 unspecified atom stereocenters. The monoisotopic (exact) mass is 458 g/mol. The number of thioether (sulfide) groups is 1. The van der Waals surface area contributed by atoms with Crippen molar-refractivity contribution in [3.8, 4) is 0 Å². The van der Waals surface area contributed by atoms with E-state index in [1.54, 1.807) is 0 Å². The molecule has 0 saturated heterocycles. The van der Waals surface area contributed by atoms with Gasteiger partial charge < -0.3 is 0 Å². The molecule has 0 nitrogen and oxygen atoms in total. The Morgan fingerprint density at radius 2 is 1.07 bits per heavy atom. The van der Waals surface area contributed by atoms with E-state index in [1.165, 1.54) is 21.5 Å². The molecule has 148 valence electrons. The van der Waals surface area contributed by atoms with Crippen LogP contribution in [0.1, 0.15) is 20.8 Å². The van der Waals surface area contributed by atoms with Crippen LogP contribution in [0.25, 0.3) is 0 Å². The van der Waals surface area contributed by atoms with Crippen LogP contribution in [0.15, 0.2) is 60.7 Å². The zero-order chi connectivity index (χ0) is 19.8. The minimum absolute atomic E-state index is 0. The van der Waals surface area contributed by atoms with E-state index in [2.05, 4.69) is 101 Å². The summed E-state index contributed by atoms with van der Waals surface area (Å²) in [6.45, 7) is 6.84. The van der Waals surface area contributed by atoms with Gasteiger partial charge in [0.15, 0.2) is 0 Å². The van der Waals surface area contributed by atoms with Crippen molar-refractivity contribution >= 4 is 30.3 Å². The SMILES string of the molecule is CC(C)(C)S[C]1[CH][CH][CH][C]1P(c1ccccc1)c1ccccc1.[CH]1[CH][CH][CH][CH]1.[Fe+2]. The maximum absolute atomic E-state index is 2.31. The fourth-order valence-corrected chi connectivity index (χ4v) is 6.61. The molecule has 10 radical (unpaired) electrons. The van der Waals surface area contributed by atoms with Crippen LogP contribution in [0, 0.1) is 62.3 Å². The van der Waals surface area contributed by atoms with Crippen molar-refractivity contribution in [1.29, 1.82) is 0 Å². The predicted octanol–water partition coefficient (Wildman–Crippen LogP) is 6.36. The van der Waals surface area contributed by atoms with Crippen LogP contribution in [0.2, 0.25) is 0 Å². The third-order valence-corrected chi connectivity index (χ3v) is 7.84. The van der Waals surface area contributed by atoms with E-state index in [1.807, 2.05) is 43.9 Å². The second kappa shape index (κ2) is 12.6. The molecule has 29 heavy (non-hydrogen) atoms. The van der Waals surface area contributed by atoms with E-state index in [4.69, 9.17) is 0 Å². The summed E-state index contributed by atoms with van der Waals surface area (Å²) in [5.74, 6) is 0. The molecule has 0 spiro atoms. The number of rotatable bonds is 4. The van der Waals surface area contributed by atoms with Crippen LogP contribution >= 0.6 is 19.7 Å². The first-order valence-electron chi connectivity index (χ1n) is 9.56. The molecule has 0 amide bonds. The van der Waals surface area contributed by atoms with Gasteiger partial charge in [-0.25, -0.2) is 0 Å².